The van der Waals surface area contributed by atoms with Crippen LogP contribution in [0, 0.1) is 6.92 Å². The quantitative estimate of drug-likeness (QED) is 0.616. The smallest absolute Gasteiger partial charge is 0.287 e. The molecule has 30 heavy (non-hydrogen) atoms. The first kappa shape index (κ1) is 20.3. The molecule has 1 aliphatic rings. The molecule has 3 aromatic rings. The lowest BCUT2D eigenvalue weighted by Gasteiger charge is -2.18. The van der Waals surface area contributed by atoms with E-state index >= 15 is 0 Å². The molecule has 3 heterocycles. The van der Waals surface area contributed by atoms with E-state index in [2.05, 4.69) is 15.4 Å². The molecule has 9 nitrogen and oxygen atoms in total. The van der Waals surface area contributed by atoms with Gasteiger partial charge >= 0.3 is 0 Å². The molecular weight excluding hydrogens is 406 g/mol. The van der Waals surface area contributed by atoms with Crippen molar-refractivity contribution in [2.24, 2.45) is 0 Å². The summed E-state index contributed by atoms with van der Waals surface area (Å²) in [5, 5.41) is 7.02. The summed E-state index contributed by atoms with van der Waals surface area (Å²) in [4.78, 5) is 16.9. The van der Waals surface area contributed by atoms with E-state index in [9.17, 15) is 13.2 Å². The second-order valence-electron chi connectivity index (χ2n) is 7.20. The zero-order chi connectivity index (χ0) is 21.1. The third-order valence-electron chi connectivity index (χ3n) is 5.12. The van der Waals surface area contributed by atoms with Crippen molar-refractivity contribution in [3.63, 3.8) is 0 Å². The molecule has 4 rings (SSSR count). The highest BCUT2D eigenvalue weighted by atomic mass is 32.2. The van der Waals surface area contributed by atoms with Gasteiger partial charge in [-0.15, -0.1) is 0 Å². The van der Waals surface area contributed by atoms with Crippen LogP contribution in [0.3, 0.4) is 0 Å². The van der Waals surface area contributed by atoms with Gasteiger partial charge in [0, 0.05) is 19.2 Å². The van der Waals surface area contributed by atoms with E-state index < -0.39 is 22.0 Å². The number of hydrogen-bond donors (Lipinski definition) is 1. The van der Waals surface area contributed by atoms with Gasteiger partial charge in [0.1, 0.15) is 23.3 Å². The van der Waals surface area contributed by atoms with Crippen LogP contribution in [-0.2, 0) is 16.6 Å². The summed E-state index contributed by atoms with van der Waals surface area (Å²) < 4.78 is 34.3. The van der Waals surface area contributed by atoms with Crippen LogP contribution in [-0.4, -0.2) is 46.5 Å². The molecule has 2 aromatic heterocycles. The second-order valence-corrected chi connectivity index (χ2v) is 9.10. The van der Waals surface area contributed by atoms with Gasteiger partial charge in [-0.05, 0) is 25.3 Å². The van der Waals surface area contributed by atoms with Crippen LogP contribution in [0.1, 0.15) is 40.8 Å². The summed E-state index contributed by atoms with van der Waals surface area (Å²) >= 11 is 0. The van der Waals surface area contributed by atoms with Crippen molar-refractivity contribution in [2.75, 3.05) is 13.1 Å². The van der Waals surface area contributed by atoms with Gasteiger partial charge in [-0.25, -0.2) is 13.4 Å². The molecule has 0 radical (unpaired) electrons. The van der Waals surface area contributed by atoms with E-state index in [-0.39, 0.29) is 16.4 Å². The van der Waals surface area contributed by atoms with Gasteiger partial charge in [-0.1, -0.05) is 30.3 Å². The molecule has 1 N–H and O–H groups in total. The maximum atomic E-state index is 12.9. The highest BCUT2D eigenvalue weighted by molar-refractivity contribution is 7.89. The molecule has 1 atom stereocenters. The van der Waals surface area contributed by atoms with Crippen LogP contribution in [0.15, 0.2) is 58.4 Å². The van der Waals surface area contributed by atoms with E-state index in [1.165, 1.54) is 16.7 Å². The van der Waals surface area contributed by atoms with E-state index in [1.807, 2.05) is 30.3 Å². The number of amides is 1. The number of carbonyl (C=O) groups excluding carboxylic acids is 1. The average Bonchev–Trinajstić information content (AvgIpc) is 3.50. The van der Waals surface area contributed by atoms with Gasteiger partial charge in [0.2, 0.25) is 10.0 Å². The molecule has 158 valence electrons. The Hall–Kier alpha value is -2.98. The molecule has 0 spiro atoms. The summed E-state index contributed by atoms with van der Waals surface area (Å²) in [5.74, 6) is -0.320. The third kappa shape index (κ3) is 4.14. The molecule has 10 heteroatoms. The van der Waals surface area contributed by atoms with Crippen molar-refractivity contribution in [2.45, 2.75) is 37.2 Å². The zero-order valence-electron chi connectivity index (χ0n) is 16.6. The number of rotatable bonds is 7. The summed E-state index contributed by atoms with van der Waals surface area (Å²) in [7, 11) is -3.67. The fraction of sp³-hybridized carbons (Fsp3) is 0.350. The molecule has 1 fully saturated rings. The summed E-state index contributed by atoms with van der Waals surface area (Å²) in [6.07, 6.45) is 4.67. The Morgan fingerprint density at radius 2 is 1.97 bits per heavy atom. The molecule has 1 unspecified atom stereocenters. The minimum absolute atomic E-state index is 0.0372. The number of carbonyl (C=O) groups is 1. The minimum atomic E-state index is -3.67. The van der Waals surface area contributed by atoms with Crippen LogP contribution < -0.4 is 5.32 Å². The topological polar surface area (TPSA) is 110 Å². The molecule has 1 aliphatic heterocycles. The Labute approximate surface area is 174 Å². The normalized spacial score (nSPS) is 15.9. The fourth-order valence-electron chi connectivity index (χ4n) is 3.56. The average molecular weight is 430 g/mol. The summed E-state index contributed by atoms with van der Waals surface area (Å²) in [6, 6.07) is 10.4. The van der Waals surface area contributed by atoms with Crippen molar-refractivity contribution in [3.05, 3.63) is 66.1 Å². The van der Waals surface area contributed by atoms with Crippen molar-refractivity contribution in [1.82, 2.24) is 24.4 Å². The monoisotopic (exact) mass is 429 g/mol. The number of benzene rings is 1. The van der Waals surface area contributed by atoms with Gasteiger partial charge in [-0.2, -0.15) is 9.40 Å². The molecule has 1 amide bonds. The number of sulfonamides is 1. The van der Waals surface area contributed by atoms with Crippen LogP contribution in [0.25, 0.3) is 0 Å². The fourth-order valence-corrected chi connectivity index (χ4v) is 5.24. The minimum Gasteiger partial charge on any atom is -0.455 e. The Bertz CT molecular complexity index is 1100. The van der Waals surface area contributed by atoms with Gasteiger partial charge in [0.15, 0.2) is 5.76 Å². The van der Waals surface area contributed by atoms with E-state index in [0.29, 0.717) is 19.6 Å². The lowest BCUT2D eigenvalue weighted by Crippen LogP contribution is -2.31. The summed E-state index contributed by atoms with van der Waals surface area (Å²) in [5.41, 5.74) is 0.884. The van der Waals surface area contributed by atoms with Gasteiger partial charge in [0.05, 0.1) is 12.6 Å². The molecule has 1 saturated heterocycles. The number of nitrogens with zero attached hydrogens (tertiary/aromatic N) is 4. The van der Waals surface area contributed by atoms with E-state index in [1.54, 1.807) is 17.9 Å². The molecule has 1 aromatic carbocycles. The molecule has 0 bridgehead atoms. The molecular formula is C20H23N5O4S. The Morgan fingerprint density at radius 3 is 2.63 bits per heavy atom. The first-order valence-corrected chi connectivity index (χ1v) is 11.2. The van der Waals surface area contributed by atoms with Gasteiger partial charge < -0.3 is 9.73 Å². The number of nitrogens with one attached hydrogen (secondary N) is 1. The predicted octanol–water partition coefficient (Wildman–Crippen LogP) is 2.14. The largest absolute Gasteiger partial charge is 0.455 e. The SMILES string of the molecule is Cc1oc(C(=O)NC(Cn2cncn2)c2ccccc2)cc1S(=O)(=O)N1CCCC1. The lowest BCUT2D eigenvalue weighted by molar-refractivity contribution is 0.0902. The number of aryl methyl sites for hydroxylation is 1. The molecule has 0 saturated carbocycles. The third-order valence-corrected chi connectivity index (χ3v) is 7.13. The highest BCUT2D eigenvalue weighted by Crippen LogP contribution is 2.27. The van der Waals surface area contributed by atoms with Gasteiger partial charge in [0.25, 0.3) is 5.91 Å². The van der Waals surface area contributed by atoms with Crippen LogP contribution in [0.5, 0.6) is 0 Å². The Kier molecular flexibility index (Phi) is 5.69. The standard InChI is InChI=1S/C20H23N5O4S/c1-15-19(30(27,28)25-9-5-6-10-25)11-18(29-15)20(26)23-17(12-24-14-21-13-22-24)16-7-3-2-4-8-16/h2-4,7-8,11,13-14,17H,5-6,9-10,12H2,1H3,(H,23,26). The lowest BCUT2D eigenvalue weighted by atomic mass is 10.1. The van der Waals surface area contributed by atoms with Gasteiger partial charge in [-0.3, -0.25) is 9.48 Å². The second kappa shape index (κ2) is 8.41. The maximum absolute atomic E-state index is 12.9. The van der Waals surface area contributed by atoms with Crippen molar-refractivity contribution >= 4 is 15.9 Å². The van der Waals surface area contributed by atoms with Crippen molar-refractivity contribution in [3.8, 4) is 0 Å². The number of aromatic nitrogens is 3. The first-order valence-electron chi connectivity index (χ1n) is 9.74. The molecule has 0 aliphatic carbocycles. The van der Waals surface area contributed by atoms with Crippen LogP contribution >= 0.6 is 0 Å². The van der Waals surface area contributed by atoms with Crippen molar-refractivity contribution < 1.29 is 17.6 Å². The highest BCUT2D eigenvalue weighted by Gasteiger charge is 2.32. The Balaban J connectivity index is 1.57. The van der Waals surface area contributed by atoms with E-state index in [0.717, 1.165) is 18.4 Å². The zero-order valence-corrected chi connectivity index (χ0v) is 17.4. The van der Waals surface area contributed by atoms with E-state index in [4.69, 9.17) is 4.42 Å². The first-order chi connectivity index (χ1) is 14.4. The van der Waals surface area contributed by atoms with Crippen LogP contribution in [0.4, 0.5) is 0 Å². The predicted molar refractivity (Wildman–Crippen MR) is 108 cm³/mol. The number of hydrogen-bond acceptors (Lipinski definition) is 6. The summed E-state index contributed by atoms with van der Waals surface area (Å²) in [6.45, 7) is 2.91. The van der Waals surface area contributed by atoms with Crippen molar-refractivity contribution in [1.29, 1.82) is 0 Å². The Morgan fingerprint density at radius 1 is 1.23 bits per heavy atom. The number of furan rings is 1. The van der Waals surface area contributed by atoms with Crippen LogP contribution in [0.2, 0.25) is 0 Å². The maximum Gasteiger partial charge on any atom is 0.287 e.